The van der Waals surface area contributed by atoms with E-state index in [9.17, 15) is 4.79 Å². The summed E-state index contributed by atoms with van der Waals surface area (Å²) in [5, 5.41) is 2.84. The molecule has 6 rings (SSSR count). The van der Waals surface area contributed by atoms with Crippen molar-refractivity contribution in [1.29, 1.82) is 0 Å². The first-order valence-electron chi connectivity index (χ1n) is 13.7. The average molecular weight is 562 g/mol. The van der Waals surface area contributed by atoms with Crippen molar-refractivity contribution in [2.45, 2.75) is 62.3 Å². The number of hydrogen-bond donors (Lipinski definition) is 0. The van der Waals surface area contributed by atoms with Crippen molar-refractivity contribution in [3.8, 4) is 17.2 Å². The standard InChI is InChI=1S/C32H35NO4S2/c1-31(2)27-20-22(35-4)12-13-28(27)33(3)32(31)17-15-25-26-19-23(11-9-21(26)10-14-29(25)37-32)36-30(34)8-6-5-7-24-16-18-38-39-24/h9-15,17,19-20,24H,5-8,16,18H2,1-4H3. The van der Waals surface area contributed by atoms with Gasteiger partial charge in [-0.25, -0.2) is 0 Å². The lowest BCUT2D eigenvalue weighted by Gasteiger charge is -2.46. The van der Waals surface area contributed by atoms with Gasteiger partial charge in [0.05, 0.1) is 12.5 Å². The number of esters is 1. The summed E-state index contributed by atoms with van der Waals surface area (Å²) < 4.78 is 18.2. The number of ether oxygens (including phenoxy) is 3. The van der Waals surface area contributed by atoms with Crippen LogP contribution in [0.5, 0.6) is 17.2 Å². The molecule has 2 unspecified atom stereocenters. The van der Waals surface area contributed by atoms with Crippen LogP contribution in [0.4, 0.5) is 5.69 Å². The lowest BCUT2D eigenvalue weighted by Crippen LogP contribution is -2.58. The summed E-state index contributed by atoms with van der Waals surface area (Å²) in [6, 6.07) is 16.2. The molecule has 1 fully saturated rings. The van der Waals surface area contributed by atoms with Crippen molar-refractivity contribution in [3.63, 3.8) is 0 Å². The van der Waals surface area contributed by atoms with Gasteiger partial charge in [0.1, 0.15) is 17.2 Å². The molecule has 204 valence electrons. The van der Waals surface area contributed by atoms with Crippen LogP contribution in [0, 0.1) is 0 Å². The van der Waals surface area contributed by atoms with Crippen LogP contribution in [0.25, 0.3) is 16.8 Å². The lowest BCUT2D eigenvalue weighted by molar-refractivity contribution is -0.134. The zero-order valence-electron chi connectivity index (χ0n) is 23.0. The number of carbonyl (C=O) groups excluding carboxylic acids is 1. The van der Waals surface area contributed by atoms with E-state index in [1.165, 1.54) is 24.2 Å². The number of carbonyl (C=O) groups is 1. The van der Waals surface area contributed by atoms with Gasteiger partial charge in [-0.05, 0) is 98.0 Å². The molecule has 0 amide bonds. The van der Waals surface area contributed by atoms with E-state index in [4.69, 9.17) is 14.2 Å². The third-order valence-electron chi connectivity index (χ3n) is 8.48. The van der Waals surface area contributed by atoms with Gasteiger partial charge in [-0.15, -0.1) is 0 Å². The minimum absolute atomic E-state index is 0.166. The minimum atomic E-state index is -0.678. The van der Waals surface area contributed by atoms with E-state index in [1.807, 2.05) is 51.9 Å². The average Bonchev–Trinajstić information content (AvgIpc) is 3.52. The fourth-order valence-corrected chi connectivity index (χ4v) is 9.18. The zero-order valence-corrected chi connectivity index (χ0v) is 24.6. The number of benzene rings is 3. The molecule has 3 aromatic carbocycles. The molecule has 39 heavy (non-hydrogen) atoms. The van der Waals surface area contributed by atoms with Crippen molar-refractivity contribution < 1.29 is 19.0 Å². The van der Waals surface area contributed by atoms with Crippen LogP contribution in [0.1, 0.15) is 57.1 Å². The molecule has 0 aliphatic carbocycles. The molecule has 2 atom stereocenters. The van der Waals surface area contributed by atoms with Crippen LogP contribution in [-0.4, -0.2) is 36.9 Å². The molecule has 7 heteroatoms. The molecule has 3 aliphatic heterocycles. The third kappa shape index (κ3) is 4.57. The van der Waals surface area contributed by atoms with E-state index in [2.05, 4.69) is 56.1 Å². The zero-order chi connectivity index (χ0) is 27.2. The van der Waals surface area contributed by atoms with E-state index in [0.717, 1.165) is 51.6 Å². The maximum atomic E-state index is 12.6. The molecule has 1 saturated heterocycles. The SMILES string of the molecule is COc1ccc2c(c1)C(C)(C)C1(C=Cc3c(ccc4ccc(OC(=O)CCCCC5CCSS5)cc34)O1)N2C. The summed E-state index contributed by atoms with van der Waals surface area (Å²) in [7, 11) is 7.74. The molecule has 3 aromatic rings. The van der Waals surface area contributed by atoms with Gasteiger partial charge < -0.3 is 19.1 Å². The normalized spacial score (nSPS) is 22.6. The summed E-state index contributed by atoms with van der Waals surface area (Å²) in [5.41, 5.74) is 2.31. The van der Waals surface area contributed by atoms with Crippen LogP contribution in [0.3, 0.4) is 0 Å². The number of methoxy groups -OCH3 is 1. The van der Waals surface area contributed by atoms with Gasteiger partial charge in [0.25, 0.3) is 0 Å². The number of anilines is 1. The quantitative estimate of drug-likeness (QED) is 0.125. The largest absolute Gasteiger partial charge is 0.497 e. The van der Waals surface area contributed by atoms with Crippen molar-refractivity contribution >= 4 is 50.1 Å². The summed E-state index contributed by atoms with van der Waals surface area (Å²) >= 11 is 0. The summed E-state index contributed by atoms with van der Waals surface area (Å²) in [4.78, 5) is 14.8. The highest BCUT2D eigenvalue weighted by atomic mass is 33.1. The summed E-state index contributed by atoms with van der Waals surface area (Å²) in [6.45, 7) is 4.43. The second kappa shape index (κ2) is 10.3. The Morgan fingerprint density at radius 3 is 2.72 bits per heavy atom. The molecule has 3 heterocycles. The van der Waals surface area contributed by atoms with Gasteiger partial charge in [0.15, 0.2) is 0 Å². The van der Waals surface area contributed by atoms with Crippen molar-refractivity contribution in [2.24, 2.45) is 0 Å². The monoisotopic (exact) mass is 561 g/mol. The fraction of sp³-hybridized carbons (Fsp3) is 0.406. The fourth-order valence-electron chi connectivity index (χ4n) is 6.16. The Morgan fingerprint density at radius 1 is 1.10 bits per heavy atom. The third-order valence-corrected chi connectivity index (χ3v) is 11.5. The molecule has 0 saturated carbocycles. The Labute approximate surface area is 238 Å². The van der Waals surface area contributed by atoms with Gasteiger partial charge in [-0.2, -0.15) is 0 Å². The van der Waals surface area contributed by atoms with Crippen LogP contribution < -0.4 is 19.1 Å². The number of nitrogens with zero attached hydrogens (tertiary/aromatic N) is 1. The van der Waals surface area contributed by atoms with Gasteiger partial charge in [-0.1, -0.05) is 40.1 Å². The Bertz CT molecular complexity index is 1450. The predicted molar refractivity (Wildman–Crippen MR) is 163 cm³/mol. The van der Waals surface area contributed by atoms with E-state index in [-0.39, 0.29) is 11.4 Å². The molecule has 0 bridgehead atoms. The van der Waals surface area contributed by atoms with E-state index < -0.39 is 5.72 Å². The van der Waals surface area contributed by atoms with Crippen molar-refractivity contribution in [2.75, 3.05) is 24.8 Å². The molecule has 3 aliphatic rings. The number of likely N-dealkylation sites (N-methyl/N-ethyl adjacent to an activating group) is 1. The highest BCUT2D eigenvalue weighted by Gasteiger charge is 2.57. The first kappa shape index (κ1) is 26.5. The second-order valence-electron chi connectivity index (χ2n) is 11.1. The van der Waals surface area contributed by atoms with E-state index in [1.54, 1.807) is 7.11 Å². The predicted octanol–water partition coefficient (Wildman–Crippen LogP) is 8.00. The van der Waals surface area contributed by atoms with Gasteiger partial charge in [0.2, 0.25) is 5.72 Å². The van der Waals surface area contributed by atoms with Crippen LogP contribution >= 0.6 is 21.6 Å². The first-order chi connectivity index (χ1) is 18.8. The lowest BCUT2D eigenvalue weighted by atomic mass is 9.76. The van der Waals surface area contributed by atoms with E-state index >= 15 is 0 Å². The molecular formula is C32H35NO4S2. The van der Waals surface area contributed by atoms with Gasteiger partial charge in [0, 0.05) is 35.7 Å². The van der Waals surface area contributed by atoms with Gasteiger partial charge in [-0.3, -0.25) is 4.79 Å². The Balaban J connectivity index is 1.22. The molecular weight excluding hydrogens is 526 g/mol. The maximum absolute atomic E-state index is 12.6. The van der Waals surface area contributed by atoms with Crippen LogP contribution in [0.15, 0.2) is 54.6 Å². The van der Waals surface area contributed by atoms with Crippen LogP contribution in [0.2, 0.25) is 0 Å². The number of hydrogen-bond acceptors (Lipinski definition) is 7. The van der Waals surface area contributed by atoms with Crippen molar-refractivity contribution in [3.05, 3.63) is 65.7 Å². The highest BCUT2D eigenvalue weighted by molar-refractivity contribution is 8.77. The topological polar surface area (TPSA) is 48.0 Å². The number of fused-ring (bicyclic) bond motifs is 4. The smallest absolute Gasteiger partial charge is 0.311 e. The van der Waals surface area contributed by atoms with Crippen LogP contribution in [-0.2, 0) is 10.2 Å². The molecule has 1 spiro atoms. The minimum Gasteiger partial charge on any atom is -0.497 e. The molecule has 0 N–H and O–H groups in total. The Kier molecular flexibility index (Phi) is 7.00. The second-order valence-corrected chi connectivity index (χ2v) is 13.9. The maximum Gasteiger partial charge on any atom is 0.311 e. The Hall–Kier alpha value is -2.77. The molecule has 5 nitrogen and oxygen atoms in total. The van der Waals surface area contributed by atoms with E-state index in [0.29, 0.717) is 12.2 Å². The van der Waals surface area contributed by atoms with Gasteiger partial charge >= 0.3 is 5.97 Å². The number of rotatable bonds is 7. The highest BCUT2D eigenvalue weighted by Crippen LogP contribution is 2.55. The number of unbranched alkanes of at least 4 members (excludes halogenated alkanes) is 1. The summed E-state index contributed by atoms with van der Waals surface area (Å²) in [6.07, 6.45) is 9.20. The summed E-state index contributed by atoms with van der Waals surface area (Å²) in [5.74, 6) is 3.32. The molecule has 0 radical (unpaired) electrons. The Morgan fingerprint density at radius 2 is 1.92 bits per heavy atom. The van der Waals surface area contributed by atoms with Crippen molar-refractivity contribution in [1.82, 2.24) is 0 Å². The first-order valence-corrected chi connectivity index (χ1v) is 16.1. The molecule has 0 aromatic heterocycles.